The molecule has 0 bridgehead atoms. The molecule has 0 fully saturated rings. The molecule has 1 N–H and O–H groups in total. The standard InChI is InChI=1S/C16H22BrNO2/c1-12(2)11-20-9-8-18-16(19)10-13(3)14-4-6-15(17)7-5-14/h4-7,13H,1,8-11H2,2-3H3,(H,18,19). The Hall–Kier alpha value is -1.13. The Morgan fingerprint density at radius 2 is 2.05 bits per heavy atom. The normalized spacial score (nSPS) is 11.9. The van der Waals surface area contributed by atoms with Gasteiger partial charge >= 0.3 is 0 Å². The Kier molecular flexibility index (Phi) is 7.55. The summed E-state index contributed by atoms with van der Waals surface area (Å²) < 4.78 is 6.38. The van der Waals surface area contributed by atoms with Crippen molar-refractivity contribution in [3.05, 3.63) is 46.5 Å². The molecule has 0 heterocycles. The molecule has 0 aliphatic heterocycles. The van der Waals surface area contributed by atoms with Crippen LogP contribution < -0.4 is 5.32 Å². The van der Waals surface area contributed by atoms with Crippen molar-refractivity contribution >= 4 is 21.8 Å². The van der Waals surface area contributed by atoms with Gasteiger partial charge < -0.3 is 10.1 Å². The molecule has 0 aliphatic rings. The summed E-state index contributed by atoms with van der Waals surface area (Å²) in [5.41, 5.74) is 2.15. The lowest BCUT2D eigenvalue weighted by atomic mass is 9.98. The maximum atomic E-state index is 11.8. The molecule has 1 aromatic rings. The second kappa shape index (κ2) is 8.93. The Labute approximate surface area is 129 Å². The van der Waals surface area contributed by atoms with Crippen LogP contribution in [0.4, 0.5) is 0 Å². The lowest BCUT2D eigenvalue weighted by Crippen LogP contribution is -2.28. The highest BCUT2D eigenvalue weighted by Gasteiger charge is 2.10. The molecule has 4 heteroatoms. The molecule has 0 spiro atoms. The van der Waals surface area contributed by atoms with Crippen LogP contribution in [-0.2, 0) is 9.53 Å². The summed E-state index contributed by atoms with van der Waals surface area (Å²) in [4.78, 5) is 11.8. The second-order valence-electron chi connectivity index (χ2n) is 5.02. The summed E-state index contributed by atoms with van der Waals surface area (Å²) in [7, 11) is 0. The van der Waals surface area contributed by atoms with Crippen molar-refractivity contribution in [1.82, 2.24) is 5.32 Å². The number of hydrogen-bond acceptors (Lipinski definition) is 2. The molecule has 0 saturated carbocycles. The van der Waals surface area contributed by atoms with E-state index in [1.807, 2.05) is 31.2 Å². The summed E-state index contributed by atoms with van der Waals surface area (Å²) in [5.74, 6) is 0.263. The van der Waals surface area contributed by atoms with E-state index in [1.165, 1.54) is 5.56 Å². The minimum atomic E-state index is 0.0549. The van der Waals surface area contributed by atoms with Crippen LogP contribution >= 0.6 is 15.9 Å². The maximum Gasteiger partial charge on any atom is 0.220 e. The average molecular weight is 340 g/mol. The molecular weight excluding hydrogens is 318 g/mol. The molecule has 1 aromatic carbocycles. The first-order valence-corrected chi connectivity index (χ1v) is 7.52. The van der Waals surface area contributed by atoms with Crippen molar-refractivity contribution in [3.8, 4) is 0 Å². The zero-order valence-corrected chi connectivity index (χ0v) is 13.7. The lowest BCUT2D eigenvalue weighted by Gasteiger charge is -2.12. The smallest absolute Gasteiger partial charge is 0.220 e. The van der Waals surface area contributed by atoms with E-state index >= 15 is 0 Å². The van der Waals surface area contributed by atoms with Gasteiger partial charge in [0.15, 0.2) is 0 Å². The predicted molar refractivity (Wildman–Crippen MR) is 85.8 cm³/mol. The molecule has 0 radical (unpaired) electrons. The topological polar surface area (TPSA) is 38.3 Å². The summed E-state index contributed by atoms with van der Waals surface area (Å²) in [6, 6.07) is 8.07. The van der Waals surface area contributed by atoms with E-state index in [2.05, 4.69) is 34.7 Å². The highest BCUT2D eigenvalue weighted by molar-refractivity contribution is 9.10. The van der Waals surface area contributed by atoms with Gasteiger partial charge in [0.2, 0.25) is 5.91 Å². The van der Waals surface area contributed by atoms with Crippen LogP contribution in [0.25, 0.3) is 0 Å². The van der Waals surface area contributed by atoms with Gasteiger partial charge in [0.1, 0.15) is 0 Å². The van der Waals surface area contributed by atoms with E-state index in [0.717, 1.165) is 10.0 Å². The Bertz CT molecular complexity index is 442. The van der Waals surface area contributed by atoms with Crippen LogP contribution in [-0.4, -0.2) is 25.7 Å². The van der Waals surface area contributed by atoms with E-state index in [0.29, 0.717) is 26.2 Å². The molecule has 20 heavy (non-hydrogen) atoms. The van der Waals surface area contributed by atoms with Gasteiger partial charge in [-0.2, -0.15) is 0 Å². The van der Waals surface area contributed by atoms with E-state index in [4.69, 9.17) is 4.74 Å². The van der Waals surface area contributed by atoms with Crippen molar-refractivity contribution in [2.75, 3.05) is 19.8 Å². The van der Waals surface area contributed by atoms with Crippen molar-refractivity contribution in [2.24, 2.45) is 0 Å². The van der Waals surface area contributed by atoms with E-state index in [9.17, 15) is 4.79 Å². The number of amides is 1. The van der Waals surface area contributed by atoms with Crippen molar-refractivity contribution in [2.45, 2.75) is 26.2 Å². The zero-order chi connectivity index (χ0) is 15.0. The van der Waals surface area contributed by atoms with Crippen LogP contribution in [0.3, 0.4) is 0 Å². The van der Waals surface area contributed by atoms with Gasteiger partial charge in [-0.1, -0.05) is 47.1 Å². The van der Waals surface area contributed by atoms with Crippen LogP contribution in [0.1, 0.15) is 31.7 Å². The number of hydrogen-bond donors (Lipinski definition) is 1. The van der Waals surface area contributed by atoms with Crippen molar-refractivity contribution in [3.63, 3.8) is 0 Å². The maximum absolute atomic E-state index is 11.8. The van der Waals surface area contributed by atoms with Crippen LogP contribution in [0.15, 0.2) is 40.9 Å². The van der Waals surface area contributed by atoms with Crippen LogP contribution in [0.2, 0.25) is 0 Å². The number of rotatable bonds is 8. The third-order valence-electron chi connectivity index (χ3n) is 2.85. The van der Waals surface area contributed by atoms with Gasteiger partial charge in [-0.15, -0.1) is 0 Å². The lowest BCUT2D eigenvalue weighted by molar-refractivity contribution is -0.121. The quantitative estimate of drug-likeness (QED) is 0.579. The number of carbonyl (C=O) groups is 1. The molecular formula is C16H22BrNO2. The first-order chi connectivity index (χ1) is 9.49. The van der Waals surface area contributed by atoms with Crippen molar-refractivity contribution < 1.29 is 9.53 Å². The van der Waals surface area contributed by atoms with Gasteiger partial charge in [0, 0.05) is 17.4 Å². The average Bonchev–Trinajstić information content (AvgIpc) is 2.38. The van der Waals surface area contributed by atoms with Gasteiger partial charge in [-0.25, -0.2) is 0 Å². The second-order valence-corrected chi connectivity index (χ2v) is 5.93. The number of halogens is 1. The van der Waals surface area contributed by atoms with Gasteiger partial charge in [0.05, 0.1) is 13.2 Å². The number of ether oxygens (including phenoxy) is 1. The predicted octanol–water partition coefficient (Wildman–Crippen LogP) is 3.65. The van der Waals surface area contributed by atoms with Crippen LogP contribution in [0.5, 0.6) is 0 Å². The minimum Gasteiger partial charge on any atom is -0.375 e. The molecule has 1 unspecified atom stereocenters. The van der Waals surface area contributed by atoms with E-state index in [1.54, 1.807) is 0 Å². The summed E-state index contributed by atoms with van der Waals surface area (Å²) in [6.07, 6.45) is 0.488. The van der Waals surface area contributed by atoms with E-state index < -0.39 is 0 Å². The minimum absolute atomic E-state index is 0.0549. The first kappa shape index (κ1) is 16.9. The molecule has 0 aliphatic carbocycles. The van der Waals surface area contributed by atoms with Crippen molar-refractivity contribution in [1.29, 1.82) is 0 Å². The van der Waals surface area contributed by atoms with Crippen LogP contribution in [0, 0.1) is 0 Å². The molecule has 1 amide bonds. The molecule has 110 valence electrons. The highest BCUT2D eigenvalue weighted by atomic mass is 79.9. The Morgan fingerprint density at radius 1 is 1.40 bits per heavy atom. The van der Waals surface area contributed by atoms with Gasteiger partial charge in [-0.05, 0) is 30.5 Å². The Balaban J connectivity index is 2.24. The third-order valence-corrected chi connectivity index (χ3v) is 3.38. The zero-order valence-electron chi connectivity index (χ0n) is 12.1. The monoisotopic (exact) mass is 339 g/mol. The highest BCUT2D eigenvalue weighted by Crippen LogP contribution is 2.20. The molecule has 3 nitrogen and oxygen atoms in total. The third kappa shape index (κ3) is 6.87. The molecule has 0 saturated heterocycles. The summed E-state index contributed by atoms with van der Waals surface area (Å²) >= 11 is 3.41. The number of carbonyl (C=O) groups excluding carboxylic acids is 1. The summed E-state index contributed by atoms with van der Waals surface area (Å²) in [6.45, 7) is 9.33. The SMILES string of the molecule is C=C(C)COCCNC(=O)CC(C)c1ccc(Br)cc1. The fourth-order valence-electron chi connectivity index (χ4n) is 1.77. The molecule has 1 rings (SSSR count). The number of benzene rings is 1. The fourth-order valence-corrected chi connectivity index (χ4v) is 2.03. The summed E-state index contributed by atoms with van der Waals surface area (Å²) in [5, 5.41) is 2.87. The number of nitrogens with one attached hydrogen (secondary N) is 1. The molecule has 0 aromatic heterocycles. The first-order valence-electron chi connectivity index (χ1n) is 6.73. The fraction of sp³-hybridized carbons (Fsp3) is 0.438. The van der Waals surface area contributed by atoms with Gasteiger partial charge in [0.25, 0.3) is 0 Å². The van der Waals surface area contributed by atoms with Gasteiger partial charge in [-0.3, -0.25) is 4.79 Å². The Morgan fingerprint density at radius 3 is 2.65 bits per heavy atom. The molecule has 1 atom stereocenters. The largest absolute Gasteiger partial charge is 0.375 e. The van der Waals surface area contributed by atoms with E-state index in [-0.39, 0.29) is 11.8 Å².